The van der Waals surface area contributed by atoms with Gasteiger partial charge in [-0.1, -0.05) is 17.7 Å². The standard InChI is InChI=1S/C15H13ClF3NO/c1-8-7-13(9(2)6-11(8)20)21-12-5-3-4-10(14(12)16)15(17,18)19/h3-7H,20H2,1-2H3. The first-order chi connectivity index (χ1) is 9.70. The van der Waals surface area contributed by atoms with Crippen molar-refractivity contribution in [2.24, 2.45) is 0 Å². The Kier molecular flexibility index (Phi) is 4.05. The fourth-order valence-corrected chi connectivity index (χ4v) is 2.12. The Balaban J connectivity index is 2.44. The number of benzene rings is 2. The summed E-state index contributed by atoms with van der Waals surface area (Å²) in [6, 6.07) is 6.93. The minimum absolute atomic E-state index is 0.0428. The normalized spacial score (nSPS) is 11.5. The Bertz CT molecular complexity index is 683. The molecule has 0 aliphatic heterocycles. The van der Waals surface area contributed by atoms with E-state index in [2.05, 4.69) is 0 Å². The molecule has 112 valence electrons. The lowest BCUT2D eigenvalue weighted by atomic mass is 10.1. The molecule has 0 fully saturated rings. The van der Waals surface area contributed by atoms with Crippen LogP contribution in [-0.4, -0.2) is 0 Å². The van der Waals surface area contributed by atoms with Crippen molar-refractivity contribution < 1.29 is 17.9 Å². The number of rotatable bonds is 2. The molecule has 0 unspecified atom stereocenters. The maximum atomic E-state index is 12.8. The van der Waals surface area contributed by atoms with Crippen molar-refractivity contribution in [1.82, 2.24) is 0 Å². The zero-order chi connectivity index (χ0) is 15.8. The molecule has 21 heavy (non-hydrogen) atoms. The van der Waals surface area contributed by atoms with E-state index in [1.54, 1.807) is 26.0 Å². The van der Waals surface area contributed by atoms with Crippen molar-refractivity contribution in [2.75, 3.05) is 5.73 Å². The second kappa shape index (κ2) is 5.48. The van der Waals surface area contributed by atoms with E-state index >= 15 is 0 Å². The second-order valence-electron chi connectivity index (χ2n) is 4.69. The van der Waals surface area contributed by atoms with Gasteiger partial charge in [0.1, 0.15) is 11.5 Å². The third-order valence-electron chi connectivity index (χ3n) is 3.05. The van der Waals surface area contributed by atoms with Gasteiger partial charge in [-0.3, -0.25) is 0 Å². The van der Waals surface area contributed by atoms with Gasteiger partial charge in [0.25, 0.3) is 0 Å². The number of anilines is 1. The molecule has 2 rings (SSSR count). The summed E-state index contributed by atoms with van der Waals surface area (Å²) in [5.41, 5.74) is 6.92. The molecule has 0 heterocycles. The fraction of sp³-hybridized carbons (Fsp3) is 0.200. The Morgan fingerprint density at radius 2 is 1.71 bits per heavy atom. The number of ether oxygens (including phenoxy) is 1. The van der Waals surface area contributed by atoms with Crippen molar-refractivity contribution in [3.8, 4) is 11.5 Å². The van der Waals surface area contributed by atoms with Crippen LogP contribution in [0.1, 0.15) is 16.7 Å². The highest BCUT2D eigenvalue weighted by Crippen LogP contribution is 2.41. The minimum atomic E-state index is -4.53. The highest BCUT2D eigenvalue weighted by Gasteiger charge is 2.34. The predicted molar refractivity (Wildman–Crippen MR) is 76.9 cm³/mol. The molecular formula is C15H13ClF3NO. The number of nitrogen functional groups attached to an aromatic ring is 1. The number of halogens is 4. The first-order valence-corrected chi connectivity index (χ1v) is 6.48. The lowest BCUT2D eigenvalue weighted by molar-refractivity contribution is -0.137. The van der Waals surface area contributed by atoms with Gasteiger partial charge in [-0.25, -0.2) is 0 Å². The van der Waals surface area contributed by atoms with Crippen molar-refractivity contribution in [2.45, 2.75) is 20.0 Å². The van der Waals surface area contributed by atoms with Crippen molar-refractivity contribution in [3.63, 3.8) is 0 Å². The molecule has 2 nitrogen and oxygen atoms in total. The Morgan fingerprint density at radius 1 is 1.05 bits per heavy atom. The van der Waals surface area contributed by atoms with E-state index in [1.807, 2.05) is 0 Å². The summed E-state index contributed by atoms with van der Waals surface area (Å²) in [6.07, 6.45) is -4.53. The summed E-state index contributed by atoms with van der Waals surface area (Å²) in [6.45, 7) is 3.54. The van der Waals surface area contributed by atoms with Gasteiger partial charge >= 0.3 is 6.18 Å². The van der Waals surface area contributed by atoms with Crippen LogP contribution in [0.4, 0.5) is 18.9 Å². The number of alkyl halides is 3. The third kappa shape index (κ3) is 3.24. The molecule has 0 radical (unpaired) electrons. The molecule has 2 aromatic carbocycles. The molecule has 0 aliphatic rings. The minimum Gasteiger partial charge on any atom is -0.456 e. The Hall–Kier alpha value is -1.88. The zero-order valence-corrected chi connectivity index (χ0v) is 12.1. The van der Waals surface area contributed by atoms with E-state index in [1.165, 1.54) is 12.1 Å². The van der Waals surface area contributed by atoms with E-state index in [4.69, 9.17) is 22.1 Å². The number of aryl methyl sites for hydroxylation is 2. The van der Waals surface area contributed by atoms with Gasteiger partial charge in [-0.05, 0) is 49.2 Å². The first kappa shape index (κ1) is 15.5. The molecule has 6 heteroatoms. The highest BCUT2D eigenvalue weighted by atomic mass is 35.5. The highest BCUT2D eigenvalue weighted by molar-refractivity contribution is 6.32. The van der Waals surface area contributed by atoms with E-state index in [9.17, 15) is 13.2 Å². The van der Waals surface area contributed by atoms with Crippen LogP contribution in [0.15, 0.2) is 30.3 Å². The van der Waals surface area contributed by atoms with Crippen molar-refractivity contribution in [3.05, 3.63) is 52.0 Å². The van der Waals surface area contributed by atoms with E-state index in [-0.39, 0.29) is 5.75 Å². The van der Waals surface area contributed by atoms with Crippen LogP contribution < -0.4 is 10.5 Å². The largest absolute Gasteiger partial charge is 0.456 e. The second-order valence-corrected chi connectivity index (χ2v) is 5.07. The number of hydrogen-bond donors (Lipinski definition) is 1. The Labute approximate surface area is 125 Å². The van der Waals surface area contributed by atoms with E-state index in [0.29, 0.717) is 17.0 Å². The van der Waals surface area contributed by atoms with Crippen LogP contribution in [0, 0.1) is 13.8 Å². The molecule has 0 aliphatic carbocycles. The van der Waals surface area contributed by atoms with Crippen LogP contribution in [0.3, 0.4) is 0 Å². The summed E-state index contributed by atoms with van der Waals surface area (Å²) in [4.78, 5) is 0. The maximum Gasteiger partial charge on any atom is 0.417 e. The first-order valence-electron chi connectivity index (χ1n) is 6.10. The van der Waals surface area contributed by atoms with Crippen LogP contribution >= 0.6 is 11.6 Å². The van der Waals surface area contributed by atoms with Crippen LogP contribution in [0.2, 0.25) is 5.02 Å². The summed E-state index contributed by atoms with van der Waals surface area (Å²) in [5, 5.41) is -0.459. The van der Waals surface area contributed by atoms with Crippen LogP contribution in [-0.2, 0) is 6.18 Å². The van der Waals surface area contributed by atoms with Gasteiger partial charge in [0, 0.05) is 5.69 Å². The summed E-state index contributed by atoms with van der Waals surface area (Å²) >= 11 is 5.80. The lowest BCUT2D eigenvalue weighted by Crippen LogP contribution is -2.06. The molecule has 0 atom stereocenters. The van der Waals surface area contributed by atoms with E-state index < -0.39 is 16.8 Å². The van der Waals surface area contributed by atoms with Gasteiger partial charge in [0.2, 0.25) is 0 Å². The third-order valence-corrected chi connectivity index (χ3v) is 3.44. The van der Waals surface area contributed by atoms with Gasteiger partial charge < -0.3 is 10.5 Å². The number of hydrogen-bond acceptors (Lipinski definition) is 2. The van der Waals surface area contributed by atoms with Crippen molar-refractivity contribution >= 4 is 17.3 Å². The molecule has 0 aromatic heterocycles. The summed E-state index contributed by atoms with van der Waals surface area (Å²) in [5.74, 6) is 0.377. The van der Waals surface area contributed by atoms with E-state index in [0.717, 1.165) is 11.6 Å². The molecule has 0 amide bonds. The maximum absolute atomic E-state index is 12.8. The molecule has 0 saturated heterocycles. The Morgan fingerprint density at radius 3 is 2.33 bits per heavy atom. The predicted octanol–water partition coefficient (Wildman–Crippen LogP) is 5.35. The lowest BCUT2D eigenvalue weighted by Gasteiger charge is -2.15. The monoisotopic (exact) mass is 315 g/mol. The molecular weight excluding hydrogens is 303 g/mol. The van der Waals surface area contributed by atoms with Gasteiger partial charge in [0.15, 0.2) is 0 Å². The quantitative estimate of drug-likeness (QED) is 0.758. The van der Waals surface area contributed by atoms with Gasteiger partial charge in [-0.2, -0.15) is 13.2 Å². The average molecular weight is 316 g/mol. The summed E-state index contributed by atoms with van der Waals surface area (Å²) in [7, 11) is 0. The zero-order valence-electron chi connectivity index (χ0n) is 11.4. The smallest absolute Gasteiger partial charge is 0.417 e. The molecule has 0 saturated carbocycles. The van der Waals surface area contributed by atoms with Crippen LogP contribution in [0.25, 0.3) is 0 Å². The van der Waals surface area contributed by atoms with Gasteiger partial charge in [0.05, 0.1) is 10.6 Å². The number of nitrogens with two attached hydrogens (primary N) is 1. The van der Waals surface area contributed by atoms with Crippen molar-refractivity contribution in [1.29, 1.82) is 0 Å². The summed E-state index contributed by atoms with van der Waals surface area (Å²) < 4.78 is 43.9. The molecule has 0 bridgehead atoms. The molecule has 0 spiro atoms. The topological polar surface area (TPSA) is 35.2 Å². The molecule has 2 aromatic rings. The SMILES string of the molecule is Cc1cc(Oc2cccc(C(F)(F)F)c2Cl)c(C)cc1N. The fourth-order valence-electron chi connectivity index (χ4n) is 1.85. The van der Waals surface area contributed by atoms with Gasteiger partial charge in [-0.15, -0.1) is 0 Å². The average Bonchev–Trinajstić information content (AvgIpc) is 2.36. The van der Waals surface area contributed by atoms with Crippen LogP contribution in [0.5, 0.6) is 11.5 Å². The molecule has 2 N–H and O–H groups in total.